The molecule has 0 bridgehead atoms. The maximum Gasteiger partial charge on any atom is 0.234 e. The molecule has 140 valence electrons. The summed E-state index contributed by atoms with van der Waals surface area (Å²) in [6.45, 7) is 4.29. The highest BCUT2D eigenvalue weighted by atomic mass is 32.1. The fourth-order valence-electron chi connectivity index (χ4n) is 3.39. The molecule has 0 saturated heterocycles. The molecule has 1 aromatic carbocycles. The quantitative estimate of drug-likeness (QED) is 0.467. The van der Waals surface area contributed by atoms with Crippen molar-refractivity contribution in [3.8, 4) is 10.6 Å². The molecule has 0 unspecified atom stereocenters. The molecule has 0 aliphatic rings. The Morgan fingerprint density at radius 2 is 2.00 bits per heavy atom. The summed E-state index contributed by atoms with van der Waals surface area (Å²) in [6, 6.07) is 10.3. The number of benzene rings is 1. The van der Waals surface area contributed by atoms with E-state index in [9.17, 15) is 0 Å². The van der Waals surface area contributed by atoms with Crippen molar-refractivity contribution in [3.63, 3.8) is 0 Å². The molecule has 0 aliphatic carbocycles. The van der Waals surface area contributed by atoms with Gasteiger partial charge in [-0.3, -0.25) is 9.67 Å². The minimum atomic E-state index is 0.330. The van der Waals surface area contributed by atoms with E-state index < -0.39 is 0 Å². The van der Waals surface area contributed by atoms with Crippen molar-refractivity contribution < 1.29 is 0 Å². The largest absolute Gasteiger partial charge is 0.275 e. The Morgan fingerprint density at radius 1 is 1.11 bits per heavy atom. The molecule has 0 aliphatic heterocycles. The van der Waals surface area contributed by atoms with Crippen molar-refractivity contribution in [3.05, 3.63) is 59.8 Å². The first-order valence-electron chi connectivity index (χ1n) is 9.17. The van der Waals surface area contributed by atoms with E-state index in [-0.39, 0.29) is 0 Å². The first-order chi connectivity index (χ1) is 13.6. The summed E-state index contributed by atoms with van der Waals surface area (Å²) in [5.41, 5.74) is 4.27. The summed E-state index contributed by atoms with van der Waals surface area (Å²) in [6.07, 6.45) is 4.50. The number of pyridine rings is 1. The lowest BCUT2D eigenvalue weighted by molar-refractivity contribution is 0.713. The van der Waals surface area contributed by atoms with Crippen LogP contribution in [0.5, 0.6) is 0 Å². The molecule has 0 saturated carbocycles. The van der Waals surface area contributed by atoms with Crippen molar-refractivity contribution >= 4 is 27.2 Å². The highest BCUT2D eigenvalue weighted by Gasteiger charge is 2.19. The summed E-state index contributed by atoms with van der Waals surface area (Å²) < 4.78 is 3.70. The Labute approximate surface area is 165 Å². The van der Waals surface area contributed by atoms with Gasteiger partial charge in [-0.1, -0.05) is 37.3 Å². The minimum Gasteiger partial charge on any atom is -0.275 e. The van der Waals surface area contributed by atoms with E-state index >= 15 is 0 Å². The third-order valence-electron chi connectivity index (χ3n) is 4.72. The topological polar surface area (TPSA) is 73.8 Å². The van der Waals surface area contributed by atoms with Gasteiger partial charge in [-0.05, 0) is 29.7 Å². The van der Waals surface area contributed by atoms with Crippen molar-refractivity contribution in [1.82, 2.24) is 34.6 Å². The number of hydrogen-bond donors (Lipinski definition) is 0. The zero-order valence-electron chi connectivity index (χ0n) is 15.9. The molecule has 0 fully saturated rings. The molecule has 0 atom stereocenters. The molecule has 4 heterocycles. The summed E-state index contributed by atoms with van der Waals surface area (Å²) in [4.78, 5) is 5.18. The van der Waals surface area contributed by atoms with Crippen molar-refractivity contribution in [2.24, 2.45) is 7.05 Å². The molecule has 8 heteroatoms. The van der Waals surface area contributed by atoms with Crippen LogP contribution < -0.4 is 0 Å². The molecule has 28 heavy (non-hydrogen) atoms. The second-order valence-corrected chi connectivity index (χ2v) is 8.14. The summed E-state index contributed by atoms with van der Waals surface area (Å²) in [7, 11) is 1.94. The van der Waals surface area contributed by atoms with Crippen LogP contribution in [0.4, 0.5) is 0 Å². The fraction of sp³-hybridized carbons (Fsp3) is 0.250. The van der Waals surface area contributed by atoms with E-state index in [4.69, 9.17) is 5.10 Å². The zero-order chi connectivity index (χ0) is 19.3. The van der Waals surface area contributed by atoms with E-state index in [0.29, 0.717) is 12.3 Å². The lowest BCUT2D eigenvalue weighted by atomic mass is 10.1. The number of aromatic nitrogens is 7. The molecule has 0 N–H and O–H groups in total. The summed E-state index contributed by atoms with van der Waals surface area (Å²) >= 11 is 1.54. The van der Waals surface area contributed by atoms with Crippen LogP contribution in [-0.4, -0.2) is 34.6 Å². The van der Waals surface area contributed by atoms with Gasteiger partial charge in [-0.2, -0.15) is 14.7 Å². The third kappa shape index (κ3) is 2.86. The van der Waals surface area contributed by atoms with Crippen LogP contribution >= 0.6 is 11.3 Å². The fourth-order valence-corrected chi connectivity index (χ4v) is 4.27. The van der Waals surface area contributed by atoms with Gasteiger partial charge < -0.3 is 0 Å². The molecule has 0 spiro atoms. The zero-order valence-corrected chi connectivity index (χ0v) is 16.7. The second-order valence-electron chi connectivity index (χ2n) is 7.18. The van der Waals surface area contributed by atoms with Crippen LogP contribution in [0.2, 0.25) is 0 Å². The predicted molar refractivity (Wildman–Crippen MR) is 109 cm³/mol. The number of rotatable bonds is 4. The van der Waals surface area contributed by atoms with Gasteiger partial charge in [0.15, 0.2) is 10.8 Å². The normalized spacial score (nSPS) is 11.9. The average Bonchev–Trinajstić information content (AvgIpc) is 3.37. The van der Waals surface area contributed by atoms with E-state index in [1.54, 1.807) is 11.3 Å². The standard InChI is InChI=1S/C20H19N7S/c1-12(2)18-15(11-26(3)24-18)19-25-27-17(22-23-20(27)28-19)10-13-6-7-16-14(9-13)5-4-8-21-16/h4-9,11-12H,10H2,1-3H3. The van der Waals surface area contributed by atoms with Crippen LogP contribution in [0.1, 0.15) is 36.8 Å². The monoisotopic (exact) mass is 389 g/mol. The molecule has 0 amide bonds. The van der Waals surface area contributed by atoms with Gasteiger partial charge in [0.05, 0.1) is 16.8 Å². The smallest absolute Gasteiger partial charge is 0.234 e. The van der Waals surface area contributed by atoms with Gasteiger partial charge in [0, 0.05) is 31.2 Å². The first kappa shape index (κ1) is 17.0. The molecule has 4 aromatic heterocycles. The summed E-state index contributed by atoms with van der Waals surface area (Å²) in [5.74, 6) is 1.16. The Morgan fingerprint density at radius 3 is 2.86 bits per heavy atom. The first-order valence-corrected chi connectivity index (χ1v) is 9.99. The van der Waals surface area contributed by atoms with Crippen molar-refractivity contribution in [2.45, 2.75) is 26.2 Å². The number of fused-ring (bicyclic) bond motifs is 2. The van der Waals surface area contributed by atoms with Crippen LogP contribution in [0.3, 0.4) is 0 Å². The van der Waals surface area contributed by atoms with Crippen molar-refractivity contribution in [2.75, 3.05) is 0 Å². The van der Waals surface area contributed by atoms with Crippen LogP contribution in [-0.2, 0) is 13.5 Å². The van der Waals surface area contributed by atoms with E-state index in [2.05, 4.69) is 52.3 Å². The van der Waals surface area contributed by atoms with Crippen molar-refractivity contribution in [1.29, 1.82) is 0 Å². The van der Waals surface area contributed by atoms with Crippen LogP contribution in [0, 0.1) is 0 Å². The Kier molecular flexibility index (Phi) is 3.94. The van der Waals surface area contributed by atoms with Gasteiger partial charge >= 0.3 is 0 Å². The van der Waals surface area contributed by atoms with E-state index in [1.807, 2.05) is 40.8 Å². The van der Waals surface area contributed by atoms with E-state index in [0.717, 1.165) is 43.5 Å². The Bertz CT molecular complexity index is 1290. The lowest BCUT2D eigenvalue weighted by Gasteiger charge is -2.02. The molecule has 5 rings (SSSR count). The minimum absolute atomic E-state index is 0.330. The van der Waals surface area contributed by atoms with Crippen LogP contribution in [0.25, 0.3) is 26.4 Å². The Hall–Kier alpha value is -3.13. The average molecular weight is 389 g/mol. The van der Waals surface area contributed by atoms with Gasteiger partial charge in [0.2, 0.25) is 4.96 Å². The molecule has 7 nitrogen and oxygen atoms in total. The maximum absolute atomic E-state index is 4.80. The molecular formula is C20H19N7S. The number of hydrogen-bond acceptors (Lipinski definition) is 6. The summed E-state index contributed by atoms with van der Waals surface area (Å²) in [5, 5.41) is 20.1. The van der Waals surface area contributed by atoms with Gasteiger partial charge in [0.1, 0.15) is 0 Å². The van der Waals surface area contributed by atoms with Gasteiger partial charge in [-0.15, -0.1) is 10.2 Å². The Balaban J connectivity index is 1.53. The highest BCUT2D eigenvalue weighted by molar-refractivity contribution is 7.19. The lowest BCUT2D eigenvalue weighted by Crippen LogP contribution is -1.98. The maximum atomic E-state index is 4.80. The SMILES string of the molecule is CC(C)c1nn(C)cc1-c1nn2c(Cc3ccc4ncccc4c3)nnc2s1. The predicted octanol–water partition coefficient (Wildman–Crippen LogP) is 3.85. The second kappa shape index (κ2) is 6.49. The third-order valence-corrected chi connectivity index (χ3v) is 5.65. The molecular weight excluding hydrogens is 370 g/mol. The van der Waals surface area contributed by atoms with Gasteiger partial charge in [0.25, 0.3) is 0 Å². The van der Waals surface area contributed by atoms with E-state index in [1.165, 1.54) is 0 Å². The highest BCUT2D eigenvalue weighted by Crippen LogP contribution is 2.31. The molecule has 5 aromatic rings. The molecule has 0 radical (unpaired) electrons. The number of nitrogens with zero attached hydrogens (tertiary/aromatic N) is 7. The van der Waals surface area contributed by atoms with Crippen LogP contribution in [0.15, 0.2) is 42.7 Å². The van der Waals surface area contributed by atoms with Gasteiger partial charge in [-0.25, -0.2) is 0 Å². The number of aryl methyl sites for hydroxylation is 1.